The van der Waals surface area contributed by atoms with Crippen molar-refractivity contribution in [2.24, 2.45) is 5.92 Å². The van der Waals surface area contributed by atoms with Crippen LogP contribution in [0.2, 0.25) is 0 Å². The van der Waals surface area contributed by atoms with Gasteiger partial charge in [-0.2, -0.15) is 13.2 Å². The van der Waals surface area contributed by atoms with Gasteiger partial charge in [0, 0.05) is 56.0 Å². The number of halogens is 3. The van der Waals surface area contributed by atoms with Gasteiger partial charge in [-0.3, -0.25) is 29.6 Å². The van der Waals surface area contributed by atoms with E-state index in [2.05, 4.69) is 15.2 Å². The topological polar surface area (TPSA) is 103 Å². The second kappa shape index (κ2) is 11.2. The molecule has 0 bridgehead atoms. The van der Waals surface area contributed by atoms with E-state index in [0.717, 1.165) is 23.4 Å². The summed E-state index contributed by atoms with van der Waals surface area (Å²) in [4.78, 5) is 45.4. The number of aliphatic hydroxyl groups is 1. The first-order valence-corrected chi connectivity index (χ1v) is 14.3. The number of piperidine rings is 2. The molecule has 2 fully saturated rings. The number of alkyl halides is 3. The van der Waals surface area contributed by atoms with Crippen molar-refractivity contribution in [1.82, 2.24) is 20.1 Å². The second-order valence-corrected chi connectivity index (χ2v) is 11.6. The highest BCUT2D eigenvalue weighted by atomic mass is 19.4. The third kappa shape index (κ3) is 5.79. The van der Waals surface area contributed by atoms with E-state index >= 15 is 0 Å². The predicted molar refractivity (Wildman–Crippen MR) is 149 cm³/mol. The maximum Gasteiger partial charge on any atom is 0.416 e. The van der Waals surface area contributed by atoms with Gasteiger partial charge in [0.1, 0.15) is 6.04 Å². The maximum absolute atomic E-state index is 13.2. The summed E-state index contributed by atoms with van der Waals surface area (Å²) in [6.07, 6.45) is -1.43. The third-order valence-electron chi connectivity index (χ3n) is 8.86. The van der Waals surface area contributed by atoms with Crippen LogP contribution >= 0.6 is 0 Å². The average Bonchev–Trinajstić information content (AvgIpc) is 3.30. The van der Waals surface area contributed by atoms with Crippen molar-refractivity contribution in [3.05, 3.63) is 100 Å². The lowest BCUT2D eigenvalue weighted by Crippen LogP contribution is -2.52. The minimum Gasteiger partial charge on any atom is -0.385 e. The van der Waals surface area contributed by atoms with E-state index in [4.69, 9.17) is 0 Å². The Morgan fingerprint density at radius 2 is 1.84 bits per heavy atom. The Hall–Kier alpha value is -4.09. The Labute approximate surface area is 246 Å². The number of rotatable bonds is 6. The number of amides is 3. The Morgan fingerprint density at radius 1 is 1.05 bits per heavy atom. The van der Waals surface area contributed by atoms with E-state index in [9.17, 15) is 32.7 Å². The summed E-state index contributed by atoms with van der Waals surface area (Å²) in [7, 11) is 0. The summed E-state index contributed by atoms with van der Waals surface area (Å²) < 4.78 is 39.1. The number of carbonyl (C=O) groups is 3. The van der Waals surface area contributed by atoms with Gasteiger partial charge in [0.25, 0.3) is 5.91 Å². The number of likely N-dealkylation sites (tertiary alicyclic amines) is 1. The molecule has 8 nitrogen and oxygen atoms in total. The number of hydrogen-bond donors (Lipinski definition) is 2. The minimum atomic E-state index is -4.40. The first kappa shape index (κ1) is 29.0. The second-order valence-electron chi connectivity index (χ2n) is 11.6. The normalized spacial score (nSPS) is 24.7. The van der Waals surface area contributed by atoms with Crippen LogP contribution in [0, 0.1) is 5.92 Å². The smallest absolute Gasteiger partial charge is 0.385 e. The molecule has 2 saturated heterocycles. The number of carbonyl (C=O) groups excluding carboxylic acids is 3. The molecule has 0 radical (unpaired) electrons. The molecule has 3 aromatic rings. The van der Waals surface area contributed by atoms with Crippen molar-refractivity contribution < 1.29 is 32.7 Å². The van der Waals surface area contributed by atoms with Gasteiger partial charge in [-0.15, -0.1) is 0 Å². The summed E-state index contributed by atoms with van der Waals surface area (Å²) in [5, 5.41) is 14.6. The Bertz CT molecular complexity index is 1550. The minimum absolute atomic E-state index is 0.166. The molecule has 1 aromatic heterocycles. The number of pyridine rings is 1. The van der Waals surface area contributed by atoms with Crippen LogP contribution in [0.5, 0.6) is 0 Å². The fourth-order valence-corrected chi connectivity index (χ4v) is 6.52. The van der Waals surface area contributed by atoms with Crippen molar-refractivity contribution in [2.45, 2.75) is 56.6 Å². The number of imide groups is 1. The van der Waals surface area contributed by atoms with Crippen molar-refractivity contribution >= 4 is 17.7 Å². The molecule has 3 aliphatic rings. The van der Waals surface area contributed by atoms with E-state index in [-0.39, 0.29) is 37.1 Å². The Balaban J connectivity index is 1.24. The quantitative estimate of drug-likeness (QED) is 0.422. The fourth-order valence-electron chi connectivity index (χ4n) is 6.52. The van der Waals surface area contributed by atoms with Crippen molar-refractivity contribution in [2.75, 3.05) is 13.1 Å². The summed E-state index contributed by atoms with van der Waals surface area (Å²) in [6, 6.07) is 15.3. The SMILES string of the molecule is O=C1CCC(N2Cc3cc(C4(O)CCN(Cc5ccc(C(F)(F)F)cc5)CC4Cc4ccccn4)ccc3C2=O)C(=O)N1. The summed E-state index contributed by atoms with van der Waals surface area (Å²) >= 11 is 0. The van der Waals surface area contributed by atoms with Crippen molar-refractivity contribution in [3.8, 4) is 0 Å². The van der Waals surface area contributed by atoms with Gasteiger partial charge in [-0.25, -0.2) is 0 Å². The van der Waals surface area contributed by atoms with E-state index in [1.807, 2.05) is 24.3 Å². The number of hydrogen-bond acceptors (Lipinski definition) is 6. The van der Waals surface area contributed by atoms with E-state index in [0.29, 0.717) is 49.2 Å². The first-order valence-electron chi connectivity index (χ1n) is 14.3. The van der Waals surface area contributed by atoms with Gasteiger partial charge in [-0.1, -0.05) is 30.3 Å². The van der Waals surface area contributed by atoms with Crippen LogP contribution in [0.15, 0.2) is 66.9 Å². The highest BCUT2D eigenvalue weighted by Gasteiger charge is 2.45. The van der Waals surface area contributed by atoms with Crippen LogP contribution in [-0.4, -0.2) is 56.7 Å². The van der Waals surface area contributed by atoms with Crippen LogP contribution in [-0.2, 0) is 40.9 Å². The summed E-state index contributed by atoms with van der Waals surface area (Å²) in [5.41, 5.74) is 1.46. The summed E-state index contributed by atoms with van der Waals surface area (Å²) in [5.74, 6) is -1.41. The van der Waals surface area contributed by atoms with Gasteiger partial charge in [0.15, 0.2) is 0 Å². The van der Waals surface area contributed by atoms with Crippen molar-refractivity contribution in [1.29, 1.82) is 0 Å². The largest absolute Gasteiger partial charge is 0.416 e. The predicted octanol–water partition coefficient (Wildman–Crippen LogP) is 3.81. The van der Waals surface area contributed by atoms with Gasteiger partial charge in [0.05, 0.1) is 11.2 Å². The van der Waals surface area contributed by atoms with Crippen LogP contribution < -0.4 is 5.32 Å². The number of aromatic nitrogens is 1. The highest BCUT2D eigenvalue weighted by Crippen LogP contribution is 2.41. The van der Waals surface area contributed by atoms with Crippen LogP contribution in [0.1, 0.15) is 57.6 Å². The van der Waals surface area contributed by atoms with E-state index in [1.165, 1.54) is 17.0 Å². The molecule has 0 aliphatic carbocycles. The number of nitrogens with one attached hydrogen (secondary N) is 1. The lowest BCUT2D eigenvalue weighted by Gasteiger charge is -2.45. The van der Waals surface area contributed by atoms with E-state index < -0.39 is 29.3 Å². The average molecular weight is 593 g/mol. The van der Waals surface area contributed by atoms with Gasteiger partial charge in [0.2, 0.25) is 11.8 Å². The van der Waals surface area contributed by atoms with Crippen LogP contribution in [0.4, 0.5) is 13.2 Å². The van der Waals surface area contributed by atoms with Crippen LogP contribution in [0.3, 0.4) is 0 Å². The number of fused-ring (bicyclic) bond motifs is 1. The molecule has 3 amide bonds. The highest BCUT2D eigenvalue weighted by molar-refractivity contribution is 6.05. The number of nitrogens with zero attached hydrogens (tertiary/aromatic N) is 3. The molecule has 4 heterocycles. The third-order valence-corrected chi connectivity index (χ3v) is 8.86. The van der Waals surface area contributed by atoms with E-state index in [1.54, 1.807) is 18.3 Å². The first-order chi connectivity index (χ1) is 20.5. The zero-order valence-corrected chi connectivity index (χ0v) is 23.3. The zero-order valence-electron chi connectivity index (χ0n) is 23.3. The molecule has 0 saturated carbocycles. The molecule has 2 N–H and O–H groups in total. The molecule has 6 rings (SSSR count). The molecule has 43 heavy (non-hydrogen) atoms. The number of benzene rings is 2. The molecule has 3 unspecified atom stereocenters. The van der Waals surface area contributed by atoms with Gasteiger partial charge < -0.3 is 10.0 Å². The molecule has 0 spiro atoms. The van der Waals surface area contributed by atoms with Crippen LogP contribution in [0.25, 0.3) is 0 Å². The molecule has 3 atom stereocenters. The lowest BCUT2D eigenvalue weighted by molar-refractivity contribution is -0.138. The molecular formula is C32H31F3N4O4. The Morgan fingerprint density at radius 3 is 2.53 bits per heavy atom. The molecule has 3 aliphatic heterocycles. The Kier molecular flexibility index (Phi) is 7.55. The fraction of sp³-hybridized carbons (Fsp3) is 0.375. The summed E-state index contributed by atoms with van der Waals surface area (Å²) in [6.45, 7) is 1.63. The zero-order chi connectivity index (χ0) is 30.4. The molecule has 224 valence electrons. The molecule has 2 aromatic carbocycles. The maximum atomic E-state index is 13.2. The lowest BCUT2D eigenvalue weighted by atomic mass is 9.73. The van der Waals surface area contributed by atoms with Gasteiger partial charge in [-0.05, 0) is 66.3 Å². The molecular weight excluding hydrogens is 561 g/mol. The van der Waals surface area contributed by atoms with Gasteiger partial charge >= 0.3 is 6.18 Å². The monoisotopic (exact) mass is 592 g/mol. The molecule has 11 heteroatoms. The standard InChI is InChI=1S/C32H31F3N4O4/c33-32(34,35)22-6-4-20(5-7-22)17-38-14-12-31(43,24(19-38)16-25-3-1-2-13-36-25)23-8-9-26-21(15-23)18-39(30(26)42)27-10-11-28(40)37-29(27)41/h1-9,13,15,24,27,43H,10-12,14,16-19H2,(H,37,40,41). The van der Waals surface area contributed by atoms with Crippen molar-refractivity contribution in [3.63, 3.8) is 0 Å².